The average molecular weight is 365 g/mol. The molecular weight excluding hydrogens is 346 g/mol. The Labute approximate surface area is 148 Å². The first-order valence-electron chi connectivity index (χ1n) is 7.52. The number of aromatic nitrogens is 4. The van der Waals surface area contributed by atoms with E-state index in [4.69, 9.17) is 0 Å². The number of carbonyl (C=O) groups is 2. The SMILES string of the molecule is COC(=O)Cc1cc(=O)[nH]c(SCC(=O)Nc2ccnn2C(C)C)n1. The van der Waals surface area contributed by atoms with Gasteiger partial charge in [-0.15, -0.1) is 0 Å². The number of anilines is 1. The van der Waals surface area contributed by atoms with Crippen molar-refractivity contribution in [3.05, 3.63) is 34.4 Å². The Morgan fingerprint density at radius 2 is 2.20 bits per heavy atom. The van der Waals surface area contributed by atoms with Crippen molar-refractivity contribution in [1.29, 1.82) is 0 Å². The fraction of sp³-hybridized carbons (Fsp3) is 0.400. The minimum Gasteiger partial charge on any atom is -0.469 e. The number of H-pyrrole nitrogens is 1. The molecule has 0 saturated heterocycles. The van der Waals surface area contributed by atoms with Gasteiger partial charge < -0.3 is 15.0 Å². The van der Waals surface area contributed by atoms with Crippen LogP contribution < -0.4 is 10.9 Å². The monoisotopic (exact) mass is 365 g/mol. The van der Waals surface area contributed by atoms with E-state index in [1.54, 1.807) is 16.9 Å². The van der Waals surface area contributed by atoms with Crippen LogP contribution in [0.4, 0.5) is 5.82 Å². The van der Waals surface area contributed by atoms with Gasteiger partial charge >= 0.3 is 5.97 Å². The number of ether oxygens (including phenoxy) is 1. The van der Waals surface area contributed by atoms with Crippen LogP contribution in [0.15, 0.2) is 28.3 Å². The van der Waals surface area contributed by atoms with E-state index in [0.717, 1.165) is 11.8 Å². The predicted octanol–water partition coefficient (Wildman–Crippen LogP) is 0.994. The van der Waals surface area contributed by atoms with Crippen molar-refractivity contribution in [2.75, 3.05) is 18.2 Å². The van der Waals surface area contributed by atoms with Crippen molar-refractivity contribution in [3.63, 3.8) is 0 Å². The number of rotatable bonds is 7. The number of aromatic amines is 1. The summed E-state index contributed by atoms with van der Waals surface area (Å²) >= 11 is 1.07. The van der Waals surface area contributed by atoms with Crippen molar-refractivity contribution in [3.8, 4) is 0 Å². The van der Waals surface area contributed by atoms with Gasteiger partial charge in [0.05, 0.1) is 31.2 Å². The van der Waals surface area contributed by atoms with Gasteiger partial charge in [0.15, 0.2) is 5.16 Å². The molecule has 25 heavy (non-hydrogen) atoms. The smallest absolute Gasteiger partial charge is 0.311 e. The second kappa shape index (κ2) is 8.47. The predicted molar refractivity (Wildman–Crippen MR) is 92.5 cm³/mol. The number of hydrogen-bond acceptors (Lipinski definition) is 7. The first-order chi connectivity index (χ1) is 11.9. The van der Waals surface area contributed by atoms with Gasteiger partial charge in [-0.05, 0) is 13.8 Å². The first-order valence-corrected chi connectivity index (χ1v) is 8.51. The highest BCUT2D eigenvalue weighted by Gasteiger charge is 2.12. The van der Waals surface area contributed by atoms with Crippen molar-refractivity contribution in [1.82, 2.24) is 19.7 Å². The number of methoxy groups -OCH3 is 1. The third kappa shape index (κ3) is 5.45. The average Bonchev–Trinajstić information content (AvgIpc) is 3.00. The zero-order valence-corrected chi connectivity index (χ0v) is 14.9. The van der Waals surface area contributed by atoms with Crippen LogP contribution in [0.25, 0.3) is 0 Å². The summed E-state index contributed by atoms with van der Waals surface area (Å²) in [5.41, 5.74) is -0.105. The fourth-order valence-corrected chi connectivity index (χ4v) is 2.69. The lowest BCUT2D eigenvalue weighted by Gasteiger charge is -2.11. The molecule has 0 bridgehead atoms. The van der Waals surface area contributed by atoms with Crippen molar-refractivity contribution < 1.29 is 14.3 Å². The van der Waals surface area contributed by atoms with Gasteiger partial charge in [-0.25, -0.2) is 9.67 Å². The molecule has 2 heterocycles. The van der Waals surface area contributed by atoms with E-state index in [1.807, 2.05) is 13.8 Å². The maximum absolute atomic E-state index is 12.1. The number of carbonyl (C=O) groups excluding carboxylic acids is 2. The lowest BCUT2D eigenvalue weighted by Crippen LogP contribution is -2.19. The summed E-state index contributed by atoms with van der Waals surface area (Å²) in [6.07, 6.45) is 1.51. The van der Waals surface area contributed by atoms with Crippen LogP contribution in [-0.2, 0) is 20.7 Å². The fourth-order valence-electron chi connectivity index (χ4n) is 2.00. The largest absolute Gasteiger partial charge is 0.469 e. The highest BCUT2D eigenvalue weighted by Crippen LogP contribution is 2.15. The third-order valence-corrected chi connectivity index (χ3v) is 3.97. The van der Waals surface area contributed by atoms with Gasteiger partial charge in [-0.1, -0.05) is 11.8 Å². The molecule has 0 aliphatic heterocycles. The molecule has 10 heteroatoms. The molecule has 0 fully saturated rings. The third-order valence-electron chi connectivity index (χ3n) is 3.09. The Hall–Kier alpha value is -2.62. The molecule has 2 aromatic heterocycles. The normalized spacial score (nSPS) is 10.7. The lowest BCUT2D eigenvalue weighted by molar-refractivity contribution is -0.139. The summed E-state index contributed by atoms with van der Waals surface area (Å²) in [5.74, 6) is -0.0999. The van der Waals surface area contributed by atoms with Crippen molar-refractivity contribution in [2.24, 2.45) is 0 Å². The van der Waals surface area contributed by atoms with Crippen molar-refractivity contribution >= 4 is 29.5 Å². The summed E-state index contributed by atoms with van der Waals surface area (Å²) in [7, 11) is 1.26. The Kier molecular flexibility index (Phi) is 6.34. The molecule has 0 aromatic carbocycles. The molecular formula is C15H19N5O4S. The van der Waals surface area contributed by atoms with E-state index in [-0.39, 0.29) is 35.0 Å². The van der Waals surface area contributed by atoms with Crippen molar-refractivity contribution in [2.45, 2.75) is 31.5 Å². The number of thioether (sulfide) groups is 1. The standard InChI is InChI=1S/C15H19N5O4S/c1-9(2)20-11(4-5-16-20)18-13(22)8-25-15-17-10(6-12(21)19-15)7-14(23)24-3/h4-6,9H,7-8H2,1-3H3,(H,18,22)(H,17,19,21). The highest BCUT2D eigenvalue weighted by atomic mass is 32.2. The maximum atomic E-state index is 12.1. The van der Waals surface area contributed by atoms with E-state index in [1.165, 1.54) is 13.2 Å². The molecule has 0 radical (unpaired) electrons. The number of amides is 1. The molecule has 2 N–H and O–H groups in total. The molecule has 0 aliphatic carbocycles. The molecule has 134 valence electrons. The van der Waals surface area contributed by atoms with Crippen LogP contribution in [0.5, 0.6) is 0 Å². The maximum Gasteiger partial charge on any atom is 0.311 e. The van der Waals surface area contributed by atoms with E-state index in [9.17, 15) is 14.4 Å². The molecule has 1 amide bonds. The zero-order chi connectivity index (χ0) is 18.4. The molecule has 2 aromatic rings. The van der Waals surface area contributed by atoms with Crippen LogP contribution in [-0.4, -0.2) is 44.5 Å². The van der Waals surface area contributed by atoms with E-state index >= 15 is 0 Å². The van der Waals surface area contributed by atoms with Gasteiger partial charge in [0.25, 0.3) is 5.56 Å². The van der Waals surface area contributed by atoms with E-state index in [0.29, 0.717) is 5.82 Å². The topological polar surface area (TPSA) is 119 Å². The van der Waals surface area contributed by atoms with Crippen LogP contribution in [0.1, 0.15) is 25.6 Å². The first kappa shape index (κ1) is 18.7. The minimum absolute atomic E-state index is 0.0495. The Morgan fingerprint density at radius 1 is 1.44 bits per heavy atom. The minimum atomic E-state index is -0.492. The van der Waals surface area contributed by atoms with E-state index < -0.39 is 11.5 Å². The number of hydrogen-bond donors (Lipinski definition) is 2. The molecule has 0 aliphatic rings. The Balaban J connectivity index is 1.98. The number of esters is 1. The van der Waals surface area contributed by atoms with E-state index in [2.05, 4.69) is 25.1 Å². The second-order valence-electron chi connectivity index (χ2n) is 5.39. The summed E-state index contributed by atoms with van der Waals surface area (Å²) < 4.78 is 6.25. The van der Waals surface area contributed by atoms with Gasteiger partial charge in [0.1, 0.15) is 5.82 Å². The quantitative estimate of drug-likeness (QED) is 0.427. The van der Waals surface area contributed by atoms with Gasteiger partial charge in [-0.2, -0.15) is 5.10 Å². The van der Waals surface area contributed by atoms with Gasteiger partial charge in [0.2, 0.25) is 5.91 Å². The number of nitrogens with zero attached hydrogens (tertiary/aromatic N) is 3. The Morgan fingerprint density at radius 3 is 2.88 bits per heavy atom. The molecule has 9 nitrogen and oxygen atoms in total. The number of nitrogens with one attached hydrogen (secondary N) is 2. The zero-order valence-electron chi connectivity index (χ0n) is 14.1. The summed E-state index contributed by atoms with van der Waals surface area (Å²) in [5, 5.41) is 7.16. The van der Waals surface area contributed by atoms with Crippen LogP contribution in [0.3, 0.4) is 0 Å². The molecule has 0 saturated carbocycles. The van der Waals surface area contributed by atoms with Gasteiger partial charge in [-0.3, -0.25) is 14.4 Å². The summed E-state index contributed by atoms with van der Waals surface area (Å²) in [4.78, 5) is 41.7. The molecule has 0 atom stereocenters. The second-order valence-corrected chi connectivity index (χ2v) is 6.35. The molecule has 2 rings (SSSR count). The van der Waals surface area contributed by atoms with Crippen LogP contribution in [0, 0.1) is 0 Å². The summed E-state index contributed by atoms with van der Waals surface area (Å²) in [6.45, 7) is 3.91. The molecule has 0 spiro atoms. The van der Waals surface area contributed by atoms with Crippen LogP contribution >= 0.6 is 11.8 Å². The van der Waals surface area contributed by atoms with Crippen LogP contribution in [0.2, 0.25) is 0 Å². The lowest BCUT2D eigenvalue weighted by atomic mass is 10.3. The van der Waals surface area contributed by atoms with Gasteiger partial charge in [0, 0.05) is 18.2 Å². The highest BCUT2D eigenvalue weighted by molar-refractivity contribution is 7.99. The molecule has 0 unspecified atom stereocenters. The Bertz CT molecular complexity index is 814. The summed E-state index contributed by atoms with van der Waals surface area (Å²) in [6, 6.07) is 3.05.